The van der Waals surface area contributed by atoms with Crippen LogP contribution in [0.25, 0.3) is 0 Å². The van der Waals surface area contributed by atoms with E-state index in [1.54, 1.807) is 13.8 Å². The molecule has 0 spiro atoms. The van der Waals surface area contributed by atoms with Gasteiger partial charge in [0.05, 0.1) is 17.5 Å². The van der Waals surface area contributed by atoms with E-state index in [2.05, 4.69) is 0 Å². The first kappa shape index (κ1) is 14.4. The lowest BCUT2D eigenvalue weighted by Gasteiger charge is -2.16. The lowest BCUT2D eigenvalue weighted by Crippen LogP contribution is -2.20. The standard InChI is InChI=1S/C11H16O4S2/c1-3-14-9(12)8(10(13)15-4-2)11-16-6-5-7-17-11/h3-7H2,1-2H3. The van der Waals surface area contributed by atoms with Gasteiger partial charge in [0.2, 0.25) is 0 Å². The second-order valence-electron chi connectivity index (χ2n) is 3.15. The Balaban J connectivity index is 2.91. The molecule has 0 amide bonds. The predicted octanol–water partition coefficient (Wildman–Crippen LogP) is 2.19. The number of hydrogen-bond donors (Lipinski definition) is 0. The largest absolute Gasteiger partial charge is 0.462 e. The summed E-state index contributed by atoms with van der Waals surface area (Å²) < 4.78 is 10.5. The Morgan fingerprint density at radius 1 is 1.06 bits per heavy atom. The van der Waals surface area contributed by atoms with E-state index in [0.29, 0.717) is 0 Å². The second kappa shape index (κ2) is 7.66. The van der Waals surface area contributed by atoms with Gasteiger partial charge in [0.1, 0.15) is 0 Å². The zero-order chi connectivity index (χ0) is 12.7. The van der Waals surface area contributed by atoms with E-state index in [1.807, 2.05) is 0 Å². The minimum absolute atomic E-state index is 0.0587. The monoisotopic (exact) mass is 276 g/mol. The molecule has 1 fully saturated rings. The van der Waals surface area contributed by atoms with Crippen LogP contribution in [0.4, 0.5) is 0 Å². The lowest BCUT2D eigenvalue weighted by molar-refractivity contribution is -0.146. The summed E-state index contributed by atoms with van der Waals surface area (Å²) in [5.74, 6) is 0.681. The maximum absolute atomic E-state index is 11.8. The second-order valence-corrected chi connectivity index (χ2v) is 5.62. The maximum Gasteiger partial charge on any atom is 0.347 e. The predicted molar refractivity (Wildman–Crippen MR) is 69.8 cm³/mol. The Bertz CT molecular complexity index is 297. The van der Waals surface area contributed by atoms with Gasteiger partial charge in [-0.25, -0.2) is 9.59 Å². The van der Waals surface area contributed by atoms with Crippen LogP contribution in [0.15, 0.2) is 9.81 Å². The molecule has 0 aromatic carbocycles. The summed E-state index contributed by atoms with van der Waals surface area (Å²) in [6.07, 6.45) is 1.08. The quantitative estimate of drug-likeness (QED) is 0.339. The van der Waals surface area contributed by atoms with Crippen LogP contribution in [0.2, 0.25) is 0 Å². The van der Waals surface area contributed by atoms with E-state index in [-0.39, 0.29) is 18.8 Å². The third kappa shape index (κ3) is 4.27. The molecule has 17 heavy (non-hydrogen) atoms. The van der Waals surface area contributed by atoms with Gasteiger partial charge in [-0.1, -0.05) is 0 Å². The smallest absolute Gasteiger partial charge is 0.347 e. The summed E-state index contributed by atoms with van der Waals surface area (Å²) in [5.41, 5.74) is 0.0587. The van der Waals surface area contributed by atoms with Crippen molar-refractivity contribution in [1.82, 2.24) is 0 Å². The molecule has 0 aromatic rings. The average molecular weight is 276 g/mol. The highest BCUT2D eigenvalue weighted by atomic mass is 32.2. The van der Waals surface area contributed by atoms with Gasteiger partial charge < -0.3 is 9.47 Å². The van der Waals surface area contributed by atoms with Crippen LogP contribution in [0.1, 0.15) is 20.3 Å². The van der Waals surface area contributed by atoms with Gasteiger partial charge in [-0.15, -0.1) is 23.5 Å². The first-order valence-electron chi connectivity index (χ1n) is 5.54. The molecular formula is C11H16O4S2. The van der Waals surface area contributed by atoms with Crippen LogP contribution >= 0.6 is 23.5 Å². The van der Waals surface area contributed by atoms with Crippen molar-refractivity contribution < 1.29 is 19.1 Å². The van der Waals surface area contributed by atoms with Crippen molar-refractivity contribution in [3.05, 3.63) is 9.81 Å². The minimum Gasteiger partial charge on any atom is -0.462 e. The Morgan fingerprint density at radius 2 is 1.53 bits per heavy atom. The third-order valence-corrected chi connectivity index (χ3v) is 4.54. The van der Waals surface area contributed by atoms with Gasteiger partial charge in [-0.3, -0.25) is 0 Å². The van der Waals surface area contributed by atoms with E-state index in [9.17, 15) is 9.59 Å². The van der Waals surface area contributed by atoms with Gasteiger partial charge in [0.25, 0.3) is 0 Å². The molecule has 0 N–H and O–H groups in total. The number of carbonyl (C=O) groups excluding carboxylic acids is 2. The molecule has 0 aromatic heterocycles. The van der Waals surface area contributed by atoms with Gasteiger partial charge in [0, 0.05) is 0 Å². The lowest BCUT2D eigenvalue weighted by atomic mass is 10.3. The zero-order valence-corrected chi connectivity index (χ0v) is 11.6. The van der Waals surface area contributed by atoms with Gasteiger partial charge in [-0.2, -0.15) is 0 Å². The van der Waals surface area contributed by atoms with Crippen molar-refractivity contribution in [1.29, 1.82) is 0 Å². The number of carbonyl (C=O) groups is 2. The molecule has 96 valence electrons. The summed E-state index contributed by atoms with van der Waals surface area (Å²) in [5, 5.41) is 0. The highest BCUT2D eigenvalue weighted by molar-refractivity contribution is 8.22. The fourth-order valence-electron chi connectivity index (χ4n) is 1.23. The van der Waals surface area contributed by atoms with Crippen molar-refractivity contribution in [3.8, 4) is 0 Å². The highest BCUT2D eigenvalue weighted by Crippen LogP contribution is 2.37. The summed E-state index contributed by atoms with van der Waals surface area (Å²) in [7, 11) is 0. The summed E-state index contributed by atoms with van der Waals surface area (Å²) in [6, 6.07) is 0. The number of ether oxygens (including phenoxy) is 2. The van der Waals surface area contributed by atoms with Crippen molar-refractivity contribution in [2.24, 2.45) is 0 Å². The molecule has 0 unspecified atom stereocenters. The molecule has 0 bridgehead atoms. The molecule has 4 nitrogen and oxygen atoms in total. The van der Waals surface area contributed by atoms with Crippen molar-refractivity contribution >= 4 is 35.5 Å². The SMILES string of the molecule is CCOC(=O)C(C(=O)OCC)=C1SCCCS1. The van der Waals surface area contributed by atoms with Gasteiger partial charge in [0.15, 0.2) is 5.57 Å². The van der Waals surface area contributed by atoms with E-state index in [0.717, 1.165) is 22.2 Å². The normalized spacial score (nSPS) is 15.3. The molecule has 1 saturated heterocycles. The molecule has 0 atom stereocenters. The molecule has 1 aliphatic rings. The van der Waals surface area contributed by atoms with Crippen LogP contribution in [0, 0.1) is 0 Å². The molecular weight excluding hydrogens is 260 g/mol. The van der Waals surface area contributed by atoms with Crippen LogP contribution in [-0.4, -0.2) is 36.7 Å². The number of rotatable bonds is 4. The molecule has 6 heteroatoms. The van der Waals surface area contributed by atoms with E-state index >= 15 is 0 Å². The highest BCUT2D eigenvalue weighted by Gasteiger charge is 2.27. The minimum atomic E-state index is -0.581. The average Bonchev–Trinajstić information content (AvgIpc) is 2.31. The topological polar surface area (TPSA) is 52.6 Å². The first-order chi connectivity index (χ1) is 8.20. The van der Waals surface area contributed by atoms with E-state index in [1.165, 1.54) is 23.5 Å². The Hall–Kier alpha value is -0.620. The van der Waals surface area contributed by atoms with Gasteiger partial charge in [-0.05, 0) is 31.8 Å². The molecule has 0 saturated carbocycles. The van der Waals surface area contributed by atoms with Crippen molar-refractivity contribution in [2.45, 2.75) is 20.3 Å². The summed E-state index contributed by atoms with van der Waals surface area (Å²) in [4.78, 5) is 23.5. The van der Waals surface area contributed by atoms with Gasteiger partial charge >= 0.3 is 11.9 Å². The van der Waals surface area contributed by atoms with Crippen LogP contribution in [0.5, 0.6) is 0 Å². The maximum atomic E-state index is 11.8. The summed E-state index contributed by atoms with van der Waals surface area (Å²) in [6.45, 7) is 3.94. The van der Waals surface area contributed by atoms with E-state index < -0.39 is 11.9 Å². The Labute approximate surface area is 109 Å². The first-order valence-corrected chi connectivity index (χ1v) is 7.51. The molecule has 1 aliphatic heterocycles. The summed E-state index contributed by atoms with van der Waals surface area (Å²) >= 11 is 3.04. The molecule has 1 heterocycles. The Morgan fingerprint density at radius 3 is 1.94 bits per heavy atom. The zero-order valence-electron chi connectivity index (χ0n) is 9.99. The molecule has 0 radical (unpaired) electrons. The molecule has 1 rings (SSSR count). The fraction of sp³-hybridized carbons (Fsp3) is 0.636. The fourth-order valence-corrected chi connectivity index (χ4v) is 3.82. The third-order valence-electron chi connectivity index (χ3n) is 1.92. The van der Waals surface area contributed by atoms with E-state index in [4.69, 9.17) is 9.47 Å². The molecule has 0 aliphatic carbocycles. The Kier molecular flexibility index (Phi) is 6.50. The van der Waals surface area contributed by atoms with Crippen molar-refractivity contribution in [2.75, 3.05) is 24.7 Å². The van der Waals surface area contributed by atoms with Crippen molar-refractivity contribution in [3.63, 3.8) is 0 Å². The van der Waals surface area contributed by atoms with Crippen LogP contribution < -0.4 is 0 Å². The van der Waals surface area contributed by atoms with Crippen LogP contribution in [0.3, 0.4) is 0 Å². The number of esters is 2. The number of thioether (sulfide) groups is 2. The number of hydrogen-bond acceptors (Lipinski definition) is 6. The van der Waals surface area contributed by atoms with Crippen LogP contribution in [-0.2, 0) is 19.1 Å².